The van der Waals surface area contributed by atoms with E-state index in [9.17, 15) is 0 Å². The molecule has 0 radical (unpaired) electrons. The Morgan fingerprint density at radius 1 is 1.19 bits per heavy atom. The van der Waals surface area contributed by atoms with Gasteiger partial charge in [0.05, 0.1) is 0 Å². The molecule has 0 aromatic rings. The van der Waals surface area contributed by atoms with Gasteiger partial charge in [0.25, 0.3) is 0 Å². The second-order valence-electron chi connectivity index (χ2n) is 7.52. The Morgan fingerprint density at radius 2 is 1.90 bits per heavy atom. The first-order valence-corrected chi connectivity index (χ1v) is 12.0. The van der Waals surface area contributed by atoms with E-state index in [0.717, 1.165) is 21.7 Å². The van der Waals surface area contributed by atoms with Crippen molar-refractivity contribution in [1.82, 2.24) is 0 Å². The van der Waals surface area contributed by atoms with E-state index in [-0.39, 0.29) is 0 Å². The Morgan fingerprint density at radius 3 is 2.43 bits per heavy atom. The van der Waals surface area contributed by atoms with Crippen LogP contribution < -0.4 is 0 Å². The molecule has 0 aromatic carbocycles. The first kappa shape index (κ1) is 20.5. The van der Waals surface area contributed by atoms with Gasteiger partial charge in [0, 0.05) is 8.35 Å². The zero-order valence-electron chi connectivity index (χ0n) is 14.6. The van der Waals surface area contributed by atoms with Crippen LogP contribution in [0.5, 0.6) is 0 Å². The van der Waals surface area contributed by atoms with Crippen LogP contribution in [-0.2, 0) is 0 Å². The van der Waals surface area contributed by atoms with Crippen molar-refractivity contribution in [3.05, 3.63) is 0 Å². The molecular weight excluding hydrogens is 482 g/mol. The van der Waals surface area contributed by atoms with Crippen LogP contribution in [0.25, 0.3) is 0 Å². The molecule has 2 unspecified atom stereocenters. The number of alkyl halides is 2. The lowest BCUT2D eigenvalue weighted by Crippen LogP contribution is -2.30. The zero-order chi connectivity index (χ0) is 15.9. The number of rotatable bonds is 9. The maximum Gasteiger partial charge on any atom is 0.0138 e. The van der Waals surface area contributed by atoms with Crippen molar-refractivity contribution >= 4 is 45.2 Å². The summed E-state index contributed by atoms with van der Waals surface area (Å²) in [4.78, 5) is 0. The molecule has 1 aliphatic rings. The quantitative estimate of drug-likeness (QED) is 0.217. The second-order valence-corrected chi connectivity index (χ2v) is 9.88. The van der Waals surface area contributed by atoms with Crippen LogP contribution in [-0.4, -0.2) is 8.35 Å². The molecule has 0 bridgehead atoms. The molecule has 0 saturated heterocycles. The first-order chi connectivity index (χ1) is 10.0. The van der Waals surface area contributed by atoms with Gasteiger partial charge in [-0.2, -0.15) is 0 Å². The molecule has 0 aromatic heterocycles. The molecule has 1 rings (SSSR count). The van der Waals surface area contributed by atoms with Crippen molar-refractivity contribution in [3.63, 3.8) is 0 Å². The van der Waals surface area contributed by atoms with Crippen molar-refractivity contribution in [2.45, 2.75) is 89.4 Å². The lowest BCUT2D eigenvalue weighted by molar-refractivity contribution is 0.162. The fraction of sp³-hybridized carbons (Fsp3) is 1.00. The van der Waals surface area contributed by atoms with E-state index in [1.54, 1.807) is 0 Å². The maximum absolute atomic E-state index is 2.71. The highest BCUT2D eigenvalue weighted by atomic mass is 127. The third-order valence-electron chi connectivity index (χ3n) is 6.12. The van der Waals surface area contributed by atoms with Gasteiger partial charge in [-0.05, 0) is 55.3 Å². The van der Waals surface area contributed by atoms with Gasteiger partial charge in [-0.15, -0.1) is 0 Å². The van der Waals surface area contributed by atoms with Crippen molar-refractivity contribution < 1.29 is 0 Å². The van der Waals surface area contributed by atoms with Crippen molar-refractivity contribution in [2.75, 3.05) is 4.43 Å². The normalized spacial score (nSPS) is 30.9. The van der Waals surface area contributed by atoms with Gasteiger partial charge >= 0.3 is 0 Å². The Hall–Kier alpha value is 1.46. The number of hydrogen-bond acceptors (Lipinski definition) is 0. The highest BCUT2D eigenvalue weighted by Gasteiger charge is 2.33. The molecule has 0 spiro atoms. The van der Waals surface area contributed by atoms with E-state index in [1.165, 1.54) is 62.2 Å². The Labute approximate surface area is 161 Å². The van der Waals surface area contributed by atoms with E-state index >= 15 is 0 Å². The molecule has 1 aliphatic carbocycles. The minimum atomic E-state index is 0.623. The van der Waals surface area contributed by atoms with Crippen LogP contribution in [0, 0.1) is 23.2 Å². The van der Waals surface area contributed by atoms with Crippen molar-refractivity contribution in [2.24, 2.45) is 23.2 Å². The second kappa shape index (κ2) is 10.4. The molecule has 0 nitrogen and oxygen atoms in total. The zero-order valence-corrected chi connectivity index (χ0v) is 19.0. The SMILES string of the molecule is CCCC(CC)(CI)C[C@@H](CC)C[C@H]1CCC[C@@H](I)C1C. The Kier molecular flexibility index (Phi) is 10.1. The van der Waals surface area contributed by atoms with Crippen LogP contribution in [0.1, 0.15) is 85.5 Å². The fourth-order valence-electron chi connectivity index (χ4n) is 4.33. The molecule has 0 heterocycles. The standard InChI is InChI=1S/C19H36I2/c1-5-11-19(7-3,14-20)13-16(6-2)12-17-9-8-10-18(21)15(17)4/h15-18H,5-14H2,1-4H3/t15?,16-,17+,18+,19?/m0/s1. The monoisotopic (exact) mass is 518 g/mol. The summed E-state index contributed by atoms with van der Waals surface area (Å²) in [5.74, 6) is 2.90. The number of halogens is 2. The molecule has 0 N–H and O–H groups in total. The van der Waals surface area contributed by atoms with Gasteiger partial charge in [0.1, 0.15) is 0 Å². The molecule has 21 heavy (non-hydrogen) atoms. The van der Waals surface area contributed by atoms with Crippen LogP contribution in [0.4, 0.5) is 0 Å². The Balaban J connectivity index is 2.64. The summed E-state index contributed by atoms with van der Waals surface area (Å²) in [6, 6.07) is 0. The van der Waals surface area contributed by atoms with E-state index < -0.39 is 0 Å². The van der Waals surface area contributed by atoms with E-state index in [2.05, 4.69) is 72.9 Å². The van der Waals surface area contributed by atoms with E-state index in [1.807, 2.05) is 0 Å². The topological polar surface area (TPSA) is 0 Å². The predicted octanol–water partition coefficient (Wildman–Crippen LogP) is 7.66. The average molecular weight is 518 g/mol. The van der Waals surface area contributed by atoms with Gasteiger partial charge in [-0.25, -0.2) is 0 Å². The summed E-state index contributed by atoms with van der Waals surface area (Å²) in [5, 5.41) is 0. The summed E-state index contributed by atoms with van der Waals surface area (Å²) in [7, 11) is 0. The van der Waals surface area contributed by atoms with Gasteiger partial charge in [0.15, 0.2) is 0 Å². The molecule has 1 fully saturated rings. The first-order valence-electron chi connectivity index (χ1n) is 9.21. The van der Waals surface area contributed by atoms with Crippen LogP contribution in [0.3, 0.4) is 0 Å². The van der Waals surface area contributed by atoms with E-state index in [4.69, 9.17) is 0 Å². The van der Waals surface area contributed by atoms with Crippen LogP contribution in [0.15, 0.2) is 0 Å². The maximum atomic E-state index is 2.71. The van der Waals surface area contributed by atoms with Crippen molar-refractivity contribution in [1.29, 1.82) is 0 Å². The number of hydrogen-bond donors (Lipinski definition) is 0. The highest BCUT2D eigenvalue weighted by Crippen LogP contribution is 2.43. The van der Waals surface area contributed by atoms with Crippen molar-refractivity contribution in [3.8, 4) is 0 Å². The lowest BCUT2D eigenvalue weighted by atomic mass is 9.69. The predicted molar refractivity (Wildman–Crippen MR) is 114 cm³/mol. The van der Waals surface area contributed by atoms with E-state index in [0.29, 0.717) is 5.41 Å². The summed E-state index contributed by atoms with van der Waals surface area (Å²) in [5.41, 5.74) is 0.623. The lowest BCUT2D eigenvalue weighted by Gasteiger charge is -2.39. The molecular formula is C19H36I2. The third-order valence-corrected chi connectivity index (χ3v) is 9.49. The van der Waals surface area contributed by atoms with Crippen LogP contribution >= 0.6 is 45.2 Å². The molecule has 5 atom stereocenters. The van der Waals surface area contributed by atoms with Crippen LogP contribution in [0.2, 0.25) is 0 Å². The molecule has 0 aliphatic heterocycles. The summed E-state index contributed by atoms with van der Waals surface area (Å²) >= 11 is 5.36. The fourth-order valence-corrected chi connectivity index (χ4v) is 6.59. The largest absolute Gasteiger partial charge is 0.0858 e. The van der Waals surface area contributed by atoms with Gasteiger partial charge in [0.2, 0.25) is 0 Å². The van der Waals surface area contributed by atoms with Gasteiger partial charge < -0.3 is 0 Å². The smallest absolute Gasteiger partial charge is 0.0138 e. The minimum Gasteiger partial charge on any atom is -0.0858 e. The average Bonchev–Trinajstić information content (AvgIpc) is 2.50. The molecule has 126 valence electrons. The molecule has 2 heteroatoms. The summed E-state index contributed by atoms with van der Waals surface area (Å²) in [6.07, 6.45) is 12.9. The summed E-state index contributed by atoms with van der Waals surface area (Å²) in [6.45, 7) is 9.73. The molecule has 0 amide bonds. The minimum absolute atomic E-state index is 0.623. The summed E-state index contributed by atoms with van der Waals surface area (Å²) < 4.78 is 2.27. The highest BCUT2D eigenvalue weighted by molar-refractivity contribution is 14.1. The Bertz CT molecular complexity index is 273. The van der Waals surface area contributed by atoms with Gasteiger partial charge in [-0.1, -0.05) is 98.6 Å². The third kappa shape index (κ3) is 6.11. The van der Waals surface area contributed by atoms with Gasteiger partial charge in [-0.3, -0.25) is 0 Å². The molecule has 1 saturated carbocycles.